The molecule has 2 aromatic heterocycles. The Morgan fingerprint density at radius 3 is 3.00 bits per heavy atom. The highest BCUT2D eigenvalue weighted by Crippen LogP contribution is 2.25. The van der Waals surface area contributed by atoms with E-state index in [-0.39, 0.29) is 24.0 Å². The summed E-state index contributed by atoms with van der Waals surface area (Å²) in [6.45, 7) is 2.68. The first-order valence-corrected chi connectivity index (χ1v) is 10.5. The number of rotatable bonds is 6. The second-order valence-corrected chi connectivity index (χ2v) is 7.75. The van der Waals surface area contributed by atoms with E-state index in [4.69, 9.17) is 11.6 Å². The van der Waals surface area contributed by atoms with Crippen LogP contribution >= 0.6 is 35.6 Å². The van der Waals surface area contributed by atoms with Gasteiger partial charge in [-0.1, -0.05) is 29.8 Å². The van der Waals surface area contributed by atoms with Crippen LogP contribution in [0.15, 0.2) is 53.8 Å². The zero-order valence-electron chi connectivity index (χ0n) is 17.1. The molecule has 0 spiro atoms. The molecule has 1 atom stereocenters. The smallest absolute Gasteiger partial charge is 0.191 e. The molecule has 160 valence electrons. The van der Waals surface area contributed by atoms with Crippen LogP contribution in [0.5, 0.6) is 0 Å². The van der Waals surface area contributed by atoms with Gasteiger partial charge in [-0.3, -0.25) is 4.99 Å². The summed E-state index contributed by atoms with van der Waals surface area (Å²) in [5.74, 6) is 1.71. The molecule has 3 heterocycles. The third-order valence-corrected chi connectivity index (χ3v) is 5.68. The Balaban J connectivity index is 0.00000256. The van der Waals surface area contributed by atoms with Crippen LogP contribution in [-0.2, 0) is 6.42 Å². The Morgan fingerprint density at radius 2 is 2.17 bits per heavy atom. The van der Waals surface area contributed by atoms with Gasteiger partial charge in [0.2, 0.25) is 0 Å². The van der Waals surface area contributed by atoms with E-state index in [1.165, 1.54) is 16.5 Å². The summed E-state index contributed by atoms with van der Waals surface area (Å²) < 4.78 is 0. The number of guanidine groups is 1. The summed E-state index contributed by atoms with van der Waals surface area (Å²) in [5.41, 5.74) is 2.57. The van der Waals surface area contributed by atoms with E-state index < -0.39 is 0 Å². The Kier molecular flexibility index (Phi) is 8.21. The minimum Gasteiger partial charge on any atom is -0.361 e. The predicted molar refractivity (Wildman–Crippen MR) is 136 cm³/mol. The monoisotopic (exact) mass is 538 g/mol. The van der Waals surface area contributed by atoms with Crippen LogP contribution in [0, 0.1) is 0 Å². The minimum absolute atomic E-state index is 0. The normalized spacial score (nSPS) is 16.5. The lowest BCUT2D eigenvalue weighted by Crippen LogP contribution is -2.45. The quantitative estimate of drug-likeness (QED) is 0.190. The standard InChI is InChI=1S/C22H27ClN6.HI/c1-24-22(26-12-4-6-16-14-27-20-9-3-2-7-18(16)20)28-17-10-13-29(15-17)21-19(23)8-5-11-25-21;/h2-3,5,7-9,11,14,17,27H,4,6,10,12-13,15H2,1H3,(H2,24,26,28);1H. The van der Waals surface area contributed by atoms with Gasteiger partial charge in [0.25, 0.3) is 0 Å². The number of fused-ring (bicyclic) bond motifs is 1. The van der Waals surface area contributed by atoms with Crippen LogP contribution in [0.3, 0.4) is 0 Å². The summed E-state index contributed by atoms with van der Waals surface area (Å²) in [7, 11) is 1.82. The number of aliphatic imine (C=N–C) groups is 1. The summed E-state index contributed by atoms with van der Waals surface area (Å²) in [5, 5.41) is 8.99. The molecule has 1 fully saturated rings. The lowest BCUT2D eigenvalue weighted by molar-refractivity contribution is 0.643. The van der Waals surface area contributed by atoms with Crippen molar-refractivity contribution in [2.45, 2.75) is 25.3 Å². The van der Waals surface area contributed by atoms with Crippen LogP contribution < -0.4 is 15.5 Å². The van der Waals surface area contributed by atoms with Gasteiger partial charge in [0.1, 0.15) is 5.82 Å². The molecule has 0 aliphatic carbocycles. The van der Waals surface area contributed by atoms with Crippen molar-refractivity contribution in [3.05, 3.63) is 59.4 Å². The topological polar surface area (TPSA) is 68.3 Å². The lowest BCUT2D eigenvalue weighted by atomic mass is 10.1. The number of pyridine rings is 1. The Labute approximate surface area is 199 Å². The molecule has 30 heavy (non-hydrogen) atoms. The van der Waals surface area contributed by atoms with Gasteiger partial charge in [-0.05, 0) is 43.0 Å². The highest BCUT2D eigenvalue weighted by Gasteiger charge is 2.25. The van der Waals surface area contributed by atoms with Gasteiger partial charge in [-0.15, -0.1) is 24.0 Å². The van der Waals surface area contributed by atoms with Crippen molar-refractivity contribution in [3.8, 4) is 0 Å². The molecule has 1 aromatic carbocycles. The molecule has 0 amide bonds. The molecule has 0 saturated carbocycles. The van der Waals surface area contributed by atoms with E-state index in [2.05, 4.69) is 61.0 Å². The molecule has 1 saturated heterocycles. The van der Waals surface area contributed by atoms with Gasteiger partial charge in [0.15, 0.2) is 5.96 Å². The number of halogens is 2. The van der Waals surface area contributed by atoms with E-state index in [9.17, 15) is 0 Å². The first kappa shape index (κ1) is 22.7. The zero-order chi connectivity index (χ0) is 20.1. The van der Waals surface area contributed by atoms with Gasteiger partial charge in [-0.2, -0.15) is 0 Å². The minimum atomic E-state index is 0. The maximum Gasteiger partial charge on any atom is 0.191 e. The SMILES string of the molecule is CN=C(NCCCc1c[nH]c2ccccc12)NC1CCN(c2ncccc2Cl)C1.I. The van der Waals surface area contributed by atoms with Crippen LogP contribution in [0.4, 0.5) is 5.82 Å². The molecule has 3 aromatic rings. The van der Waals surface area contributed by atoms with Crippen LogP contribution in [0.1, 0.15) is 18.4 Å². The molecule has 0 bridgehead atoms. The number of aryl methyl sites for hydroxylation is 1. The van der Waals surface area contributed by atoms with Crippen molar-refractivity contribution in [2.24, 2.45) is 4.99 Å². The summed E-state index contributed by atoms with van der Waals surface area (Å²) >= 11 is 6.29. The molecule has 1 aliphatic rings. The second kappa shape index (κ2) is 10.9. The first-order chi connectivity index (χ1) is 14.2. The van der Waals surface area contributed by atoms with E-state index in [0.29, 0.717) is 11.1 Å². The summed E-state index contributed by atoms with van der Waals surface area (Å²) in [4.78, 5) is 14.4. The number of hydrogen-bond acceptors (Lipinski definition) is 3. The average molecular weight is 539 g/mol. The molecule has 1 unspecified atom stereocenters. The van der Waals surface area contributed by atoms with E-state index in [0.717, 1.165) is 50.7 Å². The lowest BCUT2D eigenvalue weighted by Gasteiger charge is -2.20. The second-order valence-electron chi connectivity index (χ2n) is 7.35. The van der Waals surface area contributed by atoms with Crippen LogP contribution in [-0.4, -0.2) is 48.7 Å². The first-order valence-electron chi connectivity index (χ1n) is 10.1. The van der Waals surface area contributed by atoms with E-state index in [1.54, 1.807) is 6.20 Å². The fourth-order valence-electron chi connectivity index (χ4n) is 3.89. The highest BCUT2D eigenvalue weighted by molar-refractivity contribution is 14.0. The van der Waals surface area contributed by atoms with Crippen molar-refractivity contribution in [1.29, 1.82) is 0 Å². The summed E-state index contributed by atoms with van der Waals surface area (Å²) in [6, 6.07) is 12.5. The molecular weight excluding hydrogens is 511 g/mol. The Hall–Kier alpha value is -2.00. The third kappa shape index (κ3) is 5.37. The number of nitrogens with one attached hydrogen (secondary N) is 3. The predicted octanol–water partition coefficient (Wildman–Crippen LogP) is 4.21. The molecule has 8 heteroatoms. The molecule has 4 rings (SSSR count). The number of aromatic nitrogens is 2. The zero-order valence-corrected chi connectivity index (χ0v) is 20.2. The number of benzene rings is 1. The maximum atomic E-state index is 6.29. The van der Waals surface area contributed by atoms with E-state index >= 15 is 0 Å². The maximum absolute atomic E-state index is 6.29. The van der Waals surface area contributed by atoms with Crippen molar-refractivity contribution in [2.75, 3.05) is 31.6 Å². The number of aromatic amines is 1. The molecule has 0 radical (unpaired) electrons. The number of anilines is 1. The van der Waals surface area contributed by atoms with Crippen molar-refractivity contribution in [3.63, 3.8) is 0 Å². The fraction of sp³-hybridized carbons (Fsp3) is 0.364. The van der Waals surface area contributed by atoms with Crippen molar-refractivity contribution >= 4 is 58.3 Å². The van der Waals surface area contributed by atoms with Gasteiger partial charge < -0.3 is 20.5 Å². The Morgan fingerprint density at radius 1 is 1.30 bits per heavy atom. The number of nitrogens with zero attached hydrogens (tertiary/aromatic N) is 3. The average Bonchev–Trinajstić information content (AvgIpc) is 3.38. The van der Waals surface area contributed by atoms with Gasteiger partial charge in [0, 0.05) is 56.0 Å². The van der Waals surface area contributed by atoms with Crippen molar-refractivity contribution < 1.29 is 0 Å². The molecule has 6 nitrogen and oxygen atoms in total. The van der Waals surface area contributed by atoms with Crippen LogP contribution in [0.2, 0.25) is 5.02 Å². The van der Waals surface area contributed by atoms with Gasteiger partial charge in [-0.25, -0.2) is 4.98 Å². The van der Waals surface area contributed by atoms with Gasteiger partial charge in [0.05, 0.1) is 5.02 Å². The Bertz CT molecular complexity index is 988. The van der Waals surface area contributed by atoms with Crippen LogP contribution in [0.25, 0.3) is 10.9 Å². The van der Waals surface area contributed by atoms with E-state index in [1.807, 2.05) is 19.2 Å². The molecule has 1 aliphatic heterocycles. The van der Waals surface area contributed by atoms with Gasteiger partial charge >= 0.3 is 0 Å². The summed E-state index contributed by atoms with van der Waals surface area (Å²) in [6.07, 6.45) is 7.01. The number of H-pyrrole nitrogens is 1. The largest absolute Gasteiger partial charge is 0.361 e. The fourth-order valence-corrected chi connectivity index (χ4v) is 4.13. The third-order valence-electron chi connectivity index (χ3n) is 5.38. The van der Waals surface area contributed by atoms with Crippen molar-refractivity contribution in [1.82, 2.24) is 20.6 Å². The number of para-hydroxylation sites is 1. The number of hydrogen-bond donors (Lipinski definition) is 3. The highest BCUT2D eigenvalue weighted by atomic mass is 127. The molecular formula is C22H28ClIN6. The molecule has 3 N–H and O–H groups in total.